The van der Waals surface area contributed by atoms with Crippen molar-refractivity contribution >= 4 is 11.6 Å². The van der Waals surface area contributed by atoms with E-state index in [-0.39, 0.29) is 18.6 Å². The van der Waals surface area contributed by atoms with Gasteiger partial charge in [0.1, 0.15) is 0 Å². The molecular weight excluding hydrogens is 192 g/mol. The number of nitrogens with two attached hydrogens (primary N) is 1. The summed E-state index contributed by atoms with van der Waals surface area (Å²) in [7, 11) is 0. The van der Waals surface area contributed by atoms with E-state index in [2.05, 4.69) is 5.32 Å². The highest BCUT2D eigenvalue weighted by molar-refractivity contribution is 5.96. The van der Waals surface area contributed by atoms with Crippen molar-refractivity contribution in [1.29, 1.82) is 0 Å². The summed E-state index contributed by atoms with van der Waals surface area (Å²) in [6, 6.07) is 4.88. The third-order valence-corrected chi connectivity index (χ3v) is 2.15. The summed E-state index contributed by atoms with van der Waals surface area (Å²) in [6.45, 7) is 3.50. The van der Waals surface area contributed by atoms with Crippen molar-refractivity contribution in [2.75, 3.05) is 12.3 Å². The highest BCUT2D eigenvalue weighted by Crippen LogP contribution is 2.12. The molecule has 0 unspecified atom stereocenters. The summed E-state index contributed by atoms with van der Waals surface area (Å²) in [5, 5.41) is 11.5. The number of aliphatic hydroxyl groups excluding tert-OH is 1. The molecule has 0 spiro atoms. The Morgan fingerprint density at radius 2 is 2.27 bits per heavy atom. The molecule has 0 radical (unpaired) electrons. The van der Waals surface area contributed by atoms with E-state index in [1.54, 1.807) is 25.1 Å². The van der Waals surface area contributed by atoms with E-state index in [1.807, 2.05) is 6.92 Å². The van der Waals surface area contributed by atoms with Crippen LogP contribution in [0.25, 0.3) is 0 Å². The van der Waals surface area contributed by atoms with Gasteiger partial charge in [-0.15, -0.1) is 0 Å². The van der Waals surface area contributed by atoms with Crippen LogP contribution in [0.5, 0.6) is 0 Å². The average Bonchev–Trinajstić information content (AvgIpc) is 2.17. The highest BCUT2D eigenvalue weighted by Gasteiger charge is 2.11. The Hall–Kier alpha value is -1.55. The lowest BCUT2D eigenvalue weighted by Gasteiger charge is -2.12. The molecule has 4 heteroatoms. The predicted molar refractivity (Wildman–Crippen MR) is 59.6 cm³/mol. The number of rotatable bonds is 3. The Morgan fingerprint density at radius 3 is 2.80 bits per heavy atom. The fourth-order valence-corrected chi connectivity index (χ4v) is 1.29. The van der Waals surface area contributed by atoms with Gasteiger partial charge in [-0.05, 0) is 37.6 Å². The molecule has 1 rings (SSSR count). The molecule has 1 aromatic carbocycles. The second-order valence-electron chi connectivity index (χ2n) is 3.63. The molecule has 15 heavy (non-hydrogen) atoms. The molecule has 4 nitrogen and oxygen atoms in total. The van der Waals surface area contributed by atoms with Crippen LogP contribution in [-0.4, -0.2) is 23.7 Å². The normalized spacial score (nSPS) is 12.2. The van der Waals surface area contributed by atoms with Gasteiger partial charge in [0.25, 0.3) is 5.91 Å². The lowest BCUT2D eigenvalue weighted by Crippen LogP contribution is -2.35. The minimum Gasteiger partial charge on any atom is -0.399 e. The van der Waals surface area contributed by atoms with Crippen LogP contribution in [0.15, 0.2) is 18.2 Å². The Labute approximate surface area is 89.1 Å². The number of aryl methyl sites for hydroxylation is 1. The lowest BCUT2D eigenvalue weighted by atomic mass is 10.1. The molecule has 4 N–H and O–H groups in total. The van der Waals surface area contributed by atoms with Gasteiger partial charge in [-0.3, -0.25) is 4.79 Å². The van der Waals surface area contributed by atoms with Gasteiger partial charge in [-0.1, -0.05) is 0 Å². The zero-order valence-electron chi connectivity index (χ0n) is 8.95. The number of carbonyl (C=O) groups excluding carboxylic acids is 1. The second kappa shape index (κ2) is 4.79. The Balaban J connectivity index is 2.82. The van der Waals surface area contributed by atoms with Crippen LogP contribution < -0.4 is 11.1 Å². The molecule has 82 valence electrons. The van der Waals surface area contributed by atoms with Gasteiger partial charge in [-0.2, -0.15) is 0 Å². The van der Waals surface area contributed by atoms with Crippen molar-refractivity contribution < 1.29 is 9.90 Å². The fourth-order valence-electron chi connectivity index (χ4n) is 1.29. The van der Waals surface area contributed by atoms with Crippen molar-refractivity contribution in [3.63, 3.8) is 0 Å². The number of amides is 1. The smallest absolute Gasteiger partial charge is 0.251 e. The standard InChI is InChI=1S/C11H16N2O2/c1-7-5-9(12)3-4-10(7)11(15)13-8(2)6-14/h3-5,8,14H,6,12H2,1-2H3,(H,13,15)/t8-/m1/s1. The largest absolute Gasteiger partial charge is 0.399 e. The maximum atomic E-state index is 11.7. The van der Waals surface area contributed by atoms with Crippen molar-refractivity contribution in [2.45, 2.75) is 19.9 Å². The van der Waals surface area contributed by atoms with E-state index in [0.717, 1.165) is 5.56 Å². The van der Waals surface area contributed by atoms with Gasteiger partial charge in [0, 0.05) is 17.3 Å². The molecular formula is C11H16N2O2. The average molecular weight is 208 g/mol. The first kappa shape index (κ1) is 11.5. The van der Waals surface area contributed by atoms with E-state index in [0.29, 0.717) is 11.3 Å². The molecule has 0 saturated heterocycles. The van der Waals surface area contributed by atoms with Crippen LogP contribution in [0.1, 0.15) is 22.8 Å². The number of hydrogen-bond acceptors (Lipinski definition) is 3. The number of hydrogen-bond donors (Lipinski definition) is 3. The van der Waals surface area contributed by atoms with Crippen LogP contribution in [0.3, 0.4) is 0 Å². The van der Waals surface area contributed by atoms with E-state index < -0.39 is 0 Å². The monoisotopic (exact) mass is 208 g/mol. The maximum absolute atomic E-state index is 11.7. The Bertz CT molecular complexity index is 364. The van der Waals surface area contributed by atoms with Crippen LogP contribution >= 0.6 is 0 Å². The number of benzene rings is 1. The number of carbonyl (C=O) groups is 1. The quantitative estimate of drug-likeness (QED) is 0.640. The van der Waals surface area contributed by atoms with Gasteiger partial charge < -0.3 is 16.2 Å². The van der Waals surface area contributed by atoms with E-state index >= 15 is 0 Å². The van der Waals surface area contributed by atoms with E-state index in [4.69, 9.17) is 10.8 Å². The summed E-state index contributed by atoms with van der Waals surface area (Å²) in [5.41, 5.74) is 7.64. The summed E-state index contributed by atoms with van der Waals surface area (Å²) >= 11 is 0. The van der Waals surface area contributed by atoms with Crippen molar-refractivity contribution in [3.05, 3.63) is 29.3 Å². The summed E-state index contributed by atoms with van der Waals surface area (Å²) in [6.07, 6.45) is 0. The van der Waals surface area contributed by atoms with Gasteiger partial charge in [0.2, 0.25) is 0 Å². The van der Waals surface area contributed by atoms with Crippen LogP contribution in [0.2, 0.25) is 0 Å². The molecule has 0 aliphatic rings. The minimum absolute atomic E-state index is 0.0697. The third kappa shape index (κ3) is 2.95. The zero-order valence-corrected chi connectivity index (χ0v) is 8.95. The molecule has 1 amide bonds. The number of nitrogen functional groups attached to an aromatic ring is 1. The first-order chi connectivity index (χ1) is 7.04. The zero-order chi connectivity index (χ0) is 11.4. The lowest BCUT2D eigenvalue weighted by molar-refractivity contribution is 0.0921. The third-order valence-electron chi connectivity index (χ3n) is 2.15. The summed E-state index contributed by atoms with van der Waals surface area (Å²) in [5.74, 6) is -0.186. The predicted octanol–water partition coefficient (Wildman–Crippen LogP) is 0.688. The van der Waals surface area contributed by atoms with Crippen molar-refractivity contribution in [1.82, 2.24) is 5.32 Å². The van der Waals surface area contributed by atoms with Gasteiger partial charge in [0.05, 0.1) is 6.61 Å². The first-order valence-corrected chi connectivity index (χ1v) is 4.82. The van der Waals surface area contributed by atoms with Crippen LogP contribution in [0, 0.1) is 6.92 Å². The van der Waals surface area contributed by atoms with Gasteiger partial charge >= 0.3 is 0 Å². The fraction of sp³-hybridized carbons (Fsp3) is 0.364. The highest BCUT2D eigenvalue weighted by atomic mass is 16.3. The molecule has 0 aromatic heterocycles. The number of nitrogens with one attached hydrogen (secondary N) is 1. The summed E-state index contributed by atoms with van der Waals surface area (Å²) < 4.78 is 0. The van der Waals surface area contributed by atoms with Gasteiger partial charge in [0.15, 0.2) is 0 Å². The number of aliphatic hydroxyl groups is 1. The first-order valence-electron chi connectivity index (χ1n) is 4.82. The molecule has 0 aliphatic heterocycles. The Morgan fingerprint density at radius 1 is 1.60 bits per heavy atom. The topological polar surface area (TPSA) is 75.4 Å². The number of anilines is 1. The molecule has 1 aromatic rings. The minimum atomic E-state index is -0.241. The Kier molecular flexibility index (Phi) is 3.68. The van der Waals surface area contributed by atoms with Crippen molar-refractivity contribution in [3.8, 4) is 0 Å². The second-order valence-corrected chi connectivity index (χ2v) is 3.63. The molecule has 0 fully saturated rings. The molecule has 0 bridgehead atoms. The van der Waals surface area contributed by atoms with Crippen LogP contribution in [0.4, 0.5) is 5.69 Å². The van der Waals surface area contributed by atoms with Crippen LogP contribution in [-0.2, 0) is 0 Å². The molecule has 1 atom stereocenters. The molecule has 0 saturated carbocycles. The summed E-state index contributed by atoms with van der Waals surface area (Å²) in [4.78, 5) is 11.7. The SMILES string of the molecule is Cc1cc(N)ccc1C(=O)N[C@H](C)CO. The van der Waals surface area contributed by atoms with Gasteiger partial charge in [-0.25, -0.2) is 0 Å². The van der Waals surface area contributed by atoms with E-state index in [9.17, 15) is 4.79 Å². The molecule has 0 aliphatic carbocycles. The van der Waals surface area contributed by atoms with E-state index in [1.165, 1.54) is 0 Å². The molecule has 0 heterocycles. The maximum Gasteiger partial charge on any atom is 0.251 e. The van der Waals surface area contributed by atoms with Crippen molar-refractivity contribution in [2.24, 2.45) is 0 Å².